The number of hydrogen-bond donors (Lipinski definition) is 1. The predicted molar refractivity (Wildman–Crippen MR) is 70.0 cm³/mol. The number of hydrogen-bond acceptors (Lipinski definition) is 1. The zero-order valence-corrected chi connectivity index (χ0v) is 9.35. The maximum atomic E-state index is 5.99. The lowest BCUT2D eigenvalue weighted by molar-refractivity contribution is 1.52. The average molecular weight is 209 g/mol. The summed E-state index contributed by atoms with van der Waals surface area (Å²) in [4.78, 5) is 0. The minimum absolute atomic E-state index is 0.819. The summed E-state index contributed by atoms with van der Waals surface area (Å²) in [5.74, 6) is 0. The molecule has 80 valence electrons. The Labute approximate surface area is 96.2 Å². The van der Waals surface area contributed by atoms with E-state index in [1.165, 1.54) is 11.1 Å². The van der Waals surface area contributed by atoms with E-state index in [-0.39, 0.29) is 0 Å². The molecule has 0 amide bonds. The van der Waals surface area contributed by atoms with Crippen LogP contribution in [-0.4, -0.2) is 0 Å². The summed E-state index contributed by atoms with van der Waals surface area (Å²) < 4.78 is 0. The Morgan fingerprint density at radius 1 is 0.938 bits per heavy atom. The Morgan fingerprint density at radius 2 is 1.56 bits per heavy atom. The van der Waals surface area contributed by atoms with Crippen LogP contribution in [-0.2, 0) is 0 Å². The van der Waals surface area contributed by atoms with Crippen molar-refractivity contribution in [1.82, 2.24) is 0 Å². The van der Waals surface area contributed by atoms with Crippen LogP contribution >= 0.6 is 0 Å². The molecule has 1 heteroatoms. The molecule has 0 aromatic heterocycles. The fraction of sp³-hybridized carbons (Fsp3) is 0.0667. The molecule has 0 saturated heterocycles. The molecule has 0 atom stereocenters. The Balaban J connectivity index is 2.51. The standard InChI is InChI=1S/C15H15N/c1-2-13(12-8-4-3-5-9-12)14-10-6-7-11-15(14)16/h2-11H,16H2,1H3/b13-2+. The van der Waals surface area contributed by atoms with Gasteiger partial charge >= 0.3 is 0 Å². The minimum Gasteiger partial charge on any atom is -0.398 e. The Morgan fingerprint density at radius 3 is 2.19 bits per heavy atom. The smallest absolute Gasteiger partial charge is 0.0393 e. The molecule has 2 N–H and O–H groups in total. The molecular formula is C15H15N. The molecule has 0 fully saturated rings. The third kappa shape index (κ3) is 1.98. The van der Waals surface area contributed by atoms with Crippen molar-refractivity contribution >= 4 is 11.3 Å². The van der Waals surface area contributed by atoms with E-state index in [9.17, 15) is 0 Å². The van der Waals surface area contributed by atoms with Crippen LogP contribution in [0.25, 0.3) is 5.57 Å². The maximum absolute atomic E-state index is 5.99. The highest BCUT2D eigenvalue weighted by Gasteiger charge is 2.05. The van der Waals surface area contributed by atoms with E-state index in [0.717, 1.165) is 11.3 Å². The van der Waals surface area contributed by atoms with Gasteiger partial charge in [0.1, 0.15) is 0 Å². The molecule has 0 saturated carbocycles. The first-order chi connectivity index (χ1) is 7.83. The molecule has 0 aliphatic carbocycles. The molecule has 0 bridgehead atoms. The van der Waals surface area contributed by atoms with Crippen LogP contribution in [0.3, 0.4) is 0 Å². The SMILES string of the molecule is C/C=C(\c1ccccc1)c1ccccc1N. The monoisotopic (exact) mass is 209 g/mol. The van der Waals surface area contributed by atoms with Crippen LogP contribution in [0.4, 0.5) is 5.69 Å². The highest BCUT2D eigenvalue weighted by molar-refractivity contribution is 5.85. The van der Waals surface area contributed by atoms with Crippen molar-refractivity contribution in [3.63, 3.8) is 0 Å². The predicted octanol–water partition coefficient (Wildman–Crippen LogP) is 3.72. The number of anilines is 1. The van der Waals surface area contributed by atoms with Gasteiger partial charge in [-0.2, -0.15) is 0 Å². The second kappa shape index (κ2) is 4.67. The molecule has 0 spiro atoms. The first kappa shape index (κ1) is 10.5. The molecule has 2 aromatic rings. The molecule has 0 aliphatic rings. The summed E-state index contributed by atoms with van der Waals surface area (Å²) in [5, 5.41) is 0. The van der Waals surface area contributed by atoms with Gasteiger partial charge in [-0.1, -0.05) is 54.6 Å². The average Bonchev–Trinajstić information content (AvgIpc) is 2.34. The Bertz CT molecular complexity index is 498. The highest BCUT2D eigenvalue weighted by Crippen LogP contribution is 2.27. The van der Waals surface area contributed by atoms with E-state index in [4.69, 9.17) is 5.73 Å². The molecule has 0 heterocycles. The lowest BCUT2D eigenvalue weighted by atomic mass is 9.96. The molecule has 16 heavy (non-hydrogen) atoms. The lowest BCUT2D eigenvalue weighted by Crippen LogP contribution is -1.94. The quantitative estimate of drug-likeness (QED) is 0.749. The number of para-hydroxylation sites is 1. The zero-order chi connectivity index (χ0) is 11.4. The van der Waals surface area contributed by atoms with Crippen LogP contribution in [0.1, 0.15) is 18.1 Å². The fourth-order valence-electron chi connectivity index (χ4n) is 1.84. The Kier molecular flexibility index (Phi) is 3.06. The third-order valence-corrected chi connectivity index (χ3v) is 2.62. The number of benzene rings is 2. The van der Waals surface area contributed by atoms with Gasteiger partial charge in [0.05, 0.1) is 0 Å². The van der Waals surface area contributed by atoms with Gasteiger partial charge < -0.3 is 5.73 Å². The van der Waals surface area contributed by atoms with Gasteiger partial charge in [0.15, 0.2) is 0 Å². The van der Waals surface area contributed by atoms with Crippen LogP contribution in [0.2, 0.25) is 0 Å². The van der Waals surface area contributed by atoms with E-state index in [2.05, 4.69) is 24.3 Å². The van der Waals surface area contributed by atoms with Gasteiger partial charge in [-0.25, -0.2) is 0 Å². The maximum Gasteiger partial charge on any atom is 0.0393 e. The second-order valence-electron chi connectivity index (χ2n) is 3.66. The van der Waals surface area contributed by atoms with Crippen LogP contribution in [0.15, 0.2) is 60.7 Å². The number of nitrogens with two attached hydrogens (primary N) is 1. The largest absolute Gasteiger partial charge is 0.398 e. The van der Waals surface area contributed by atoms with E-state index < -0.39 is 0 Å². The summed E-state index contributed by atoms with van der Waals surface area (Å²) in [6.07, 6.45) is 2.10. The van der Waals surface area contributed by atoms with Crippen molar-refractivity contribution < 1.29 is 0 Å². The summed E-state index contributed by atoms with van der Waals surface area (Å²) in [5.41, 5.74) is 10.3. The van der Waals surface area contributed by atoms with Crippen LogP contribution in [0.5, 0.6) is 0 Å². The lowest BCUT2D eigenvalue weighted by Gasteiger charge is -2.10. The number of rotatable bonds is 2. The summed E-state index contributed by atoms with van der Waals surface area (Å²) in [7, 11) is 0. The molecule has 0 aliphatic heterocycles. The molecule has 2 rings (SSSR count). The molecule has 0 unspecified atom stereocenters. The van der Waals surface area contributed by atoms with Crippen LogP contribution < -0.4 is 5.73 Å². The number of nitrogen functional groups attached to an aromatic ring is 1. The van der Waals surface area contributed by atoms with Crippen molar-refractivity contribution in [3.8, 4) is 0 Å². The molecular weight excluding hydrogens is 194 g/mol. The van der Waals surface area contributed by atoms with Crippen LogP contribution in [0, 0.1) is 0 Å². The topological polar surface area (TPSA) is 26.0 Å². The van der Waals surface area contributed by atoms with Gasteiger partial charge in [0.25, 0.3) is 0 Å². The van der Waals surface area contributed by atoms with Crippen molar-refractivity contribution in [2.45, 2.75) is 6.92 Å². The minimum atomic E-state index is 0.819. The van der Waals surface area contributed by atoms with E-state index in [0.29, 0.717) is 0 Å². The van der Waals surface area contributed by atoms with Gasteiger partial charge in [0, 0.05) is 11.3 Å². The highest BCUT2D eigenvalue weighted by atomic mass is 14.6. The van der Waals surface area contributed by atoms with Crippen molar-refractivity contribution in [1.29, 1.82) is 0 Å². The third-order valence-electron chi connectivity index (χ3n) is 2.62. The Hall–Kier alpha value is -2.02. The summed E-state index contributed by atoms with van der Waals surface area (Å²) in [6, 6.07) is 18.2. The van der Waals surface area contributed by atoms with Crippen molar-refractivity contribution in [2.24, 2.45) is 0 Å². The van der Waals surface area contributed by atoms with Gasteiger partial charge in [-0.3, -0.25) is 0 Å². The van der Waals surface area contributed by atoms with Gasteiger partial charge in [0.2, 0.25) is 0 Å². The normalized spacial score (nSPS) is 11.4. The van der Waals surface area contributed by atoms with Crippen molar-refractivity contribution in [2.75, 3.05) is 5.73 Å². The first-order valence-electron chi connectivity index (χ1n) is 5.39. The molecule has 2 aromatic carbocycles. The summed E-state index contributed by atoms with van der Waals surface area (Å²) in [6.45, 7) is 2.04. The summed E-state index contributed by atoms with van der Waals surface area (Å²) >= 11 is 0. The van der Waals surface area contributed by atoms with Crippen molar-refractivity contribution in [3.05, 3.63) is 71.8 Å². The van der Waals surface area contributed by atoms with Gasteiger partial charge in [-0.15, -0.1) is 0 Å². The zero-order valence-electron chi connectivity index (χ0n) is 9.35. The fourth-order valence-corrected chi connectivity index (χ4v) is 1.84. The van der Waals surface area contributed by atoms with E-state index >= 15 is 0 Å². The van der Waals surface area contributed by atoms with E-state index in [1.807, 2.05) is 43.3 Å². The second-order valence-corrected chi connectivity index (χ2v) is 3.66. The first-order valence-corrected chi connectivity index (χ1v) is 5.39. The molecule has 0 radical (unpaired) electrons. The van der Waals surface area contributed by atoms with Gasteiger partial charge in [-0.05, 0) is 24.1 Å². The molecule has 1 nitrogen and oxygen atoms in total. The van der Waals surface area contributed by atoms with E-state index in [1.54, 1.807) is 0 Å². The number of allylic oxidation sites excluding steroid dienone is 1.